The Labute approximate surface area is 200 Å². The van der Waals surface area contributed by atoms with Gasteiger partial charge in [-0.25, -0.2) is 0 Å². The number of nitrogens with zero attached hydrogens (tertiary/aromatic N) is 1. The van der Waals surface area contributed by atoms with Crippen molar-refractivity contribution < 1.29 is 19.1 Å². The maximum absolute atomic E-state index is 13.6. The van der Waals surface area contributed by atoms with Crippen LogP contribution in [0.2, 0.25) is 0 Å². The van der Waals surface area contributed by atoms with E-state index < -0.39 is 6.04 Å². The predicted molar refractivity (Wildman–Crippen MR) is 131 cm³/mol. The van der Waals surface area contributed by atoms with Crippen LogP contribution in [0.3, 0.4) is 0 Å². The minimum absolute atomic E-state index is 0.0327. The number of rotatable bonds is 6. The molecular formula is C27H33N3O4. The third kappa shape index (κ3) is 4.79. The number of aryl methyl sites for hydroxylation is 2. The number of amides is 3. The molecule has 0 spiro atoms. The lowest BCUT2D eigenvalue weighted by molar-refractivity contribution is -0.127. The molecule has 3 amide bonds. The number of nitrogens with one attached hydrogen (secondary N) is 2. The molecule has 180 valence electrons. The van der Waals surface area contributed by atoms with Crippen LogP contribution < -0.4 is 15.4 Å². The van der Waals surface area contributed by atoms with Crippen molar-refractivity contribution in [3.63, 3.8) is 0 Å². The van der Waals surface area contributed by atoms with Crippen LogP contribution >= 0.6 is 0 Å². The zero-order valence-corrected chi connectivity index (χ0v) is 20.1. The van der Waals surface area contributed by atoms with E-state index >= 15 is 0 Å². The lowest BCUT2D eigenvalue weighted by Gasteiger charge is -2.34. The molecule has 1 saturated heterocycles. The Morgan fingerprint density at radius 2 is 1.71 bits per heavy atom. The van der Waals surface area contributed by atoms with Gasteiger partial charge in [0.2, 0.25) is 11.8 Å². The minimum atomic E-state index is -0.599. The molecule has 2 fully saturated rings. The maximum atomic E-state index is 13.6. The first kappa shape index (κ1) is 23.8. The molecule has 0 aromatic heterocycles. The monoisotopic (exact) mass is 463 g/mol. The van der Waals surface area contributed by atoms with E-state index in [1.807, 2.05) is 38.1 Å². The zero-order chi connectivity index (χ0) is 24.2. The van der Waals surface area contributed by atoms with E-state index in [0.717, 1.165) is 42.5 Å². The number of likely N-dealkylation sites (tertiary alicyclic amines) is 1. The second-order valence-electron chi connectivity index (χ2n) is 9.31. The Bertz CT molecular complexity index is 1060. The van der Waals surface area contributed by atoms with Crippen LogP contribution in [0, 0.1) is 19.8 Å². The third-order valence-electron chi connectivity index (χ3n) is 7.13. The van der Waals surface area contributed by atoms with E-state index in [2.05, 4.69) is 10.6 Å². The predicted octanol–water partition coefficient (Wildman–Crippen LogP) is 3.84. The molecule has 2 aromatic rings. The van der Waals surface area contributed by atoms with E-state index in [0.29, 0.717) is 23.7 Å². The number of hydrogen-bond acceptors (Lipinski definition) is 4. The lowest BCUT2D eigenvalue weighted by atomic mass is 9.84. The van der Waals surface area contributed by atoms with Crippen molar-refractivity contribution in [1.29, 1.82) is 0 Å². The van der Waals surface area contributed by atoms with Gasteiger partial charge in [0.05, 0.1) is 19.2 Å². The molecule has 34 heavy (non-hydrogen) atoms. The fraction of sp³-hybridized carbons (Fsp3) is 0.444. The first-order chi connectivity index (χ1) is 16.4. The Balaban J connectivity index is 1.49. The topological polar surface area (TPSA) is 87.7 Å². The smallest absolute Gasteiger partial charge is 0.258 e. The van der Waals surface area contributed by atoms with Gasteiger partial charge in [-0.1, -0.05) is 43.2 Å². The van der Waals surface area contributed by atoms with Gasteiger partial charge < -0.3 is 20.3 Å². The fourth-order valence-electron chi connectivity index (χ4n) is 5.43. The molecule has 0 radical (unpaired) electrons. The summed E-state index contributed by atoms with van der Waals surface area (Å²) in [5, 5.41) is 5.68. The number of methoxy groups -OCH3 is 1. The van der Waals surface area contributed by atoms with Crippen molar-refractivity contribution in [2.45, 2.75) is 58.0 Å². The highest BCUT2D eigenvalue weighted by atomic mass is 16.5. The summed E-state index contributed by atoms with van der Waals surface area (Å²) in [6.45, 7) is 3.72. The second kappa shape index (κ2) is 10.3. The van der Waals surface area contributed by atoms with Crippen LogP contribution in [0.5, 0.6) is 5.75 Å². The summed E-state index contributed by atoms with van der Waals surface area (Å²) in [5.41, 5.74) is 3.16. The number of carbonyl (C=O) groups is 3. The SMILES string of the molecule is COc1ccccc1C(=O)N1C(C(=O)NCC(=O)Nc2c(C)cccc2C)CC2CCCCC21. The van der Waals surface area contributed by atoms with Crippen LogP contribution in [-0.2, 0) is 9.59 Å². The average Bonchev–Trinajstić information content (AvgIpc) is 3.24. The summed E-state index contributed by atoms with van der Waals surface area (Å²) < 4.78 is 5.41. The van der Waals surface area contributed by atoms with E-state index in [9.17, 15) is 14.4 Å². The number of carbonyl (C=O) groups excluding carboxylic acids is 3. The molecule has 2 aliphatic rings. The first-order valence-electron chi connectivity index (χ1n) is 12.0. The molecule has 1 aliphatic heterocycles. The summed E-state index contributed by atoms with van der Waals surface area (Å²) in [5.74, 6) is 0.0376. The number of fused-ring (bicyclic) bond motifs is 1. The van der Waals surface area contributed by atoms with Crippen LogP contribution in [0.15, 0.2) is 42.5 Å². The van der Waals surface area contributed by atoms with Crippen LogP contribution in [0.1, 0.15) is 53.6 Å². The van der Waals surface area contributed by atoms with E-state index in [-0.39, 0.29) is 30.3 Å². The minimum Gasteiger partial charge on any atom is -0.496 e. The fourth-order valence-corrected chi connectivity index (χ4v) is 5.43. The average molecular weight is 464 g/mol. The Hall–Kier alpha value is -3.35. The molecule has 1 saturated carbocycles. The number of anilines is 1. The molecule has 2 N–H and O–H groups in total. The van der Waals surface area contributed by atoms with Gasteiger partial charge >= 0.3 is 0 Å². The molecule has 3 atom stereocenters. The van der Waals surface area contributed by atoms with E-state index in [1.54, 1.807) is 30.2 Å². The molecular weight excluding hydrogens is 430 g/mol. The molecule has 2 aromatic carbocycles. The number of para-hydroxylation sites is 2. The lowest BCUT2D eigenvalue weighted by Crippen LogP contribution is -2.50. The Morgan fingerprint density at radius 3 is 2.44 bits per heavy atom. The Kier molecular flexibility index (Phi) is 7.20. The van der Waals surface area contributed by atoms with Crippen molar-refractivity contribution in [1.82, 2.24) is 10.2 Å². The normalized spacial score (nSPS) is 21.5. The van der Waals surface area contributed by atoms with Gasteiger partial charge in [-0.2, -0.15) is 0 Å². The highest BCUT2D eigenvalue weighted by Crippen LogP contribution is 2.41. The van der Waals surface area contributed by atoms with Gasteiger partial charge in [0.25, 0.3) is 5.91 Å². The molecule has 4 rings (SSSR count). The maximum Gasteiger partial charge on any atom is 0.258 e. The molecule has 7 nitrogen and oxygen atoms in total. The van der Waals surface area contributed by atoms with Crippen molar-refractivity contribution in [3.8, 4) is 5.75 Å². The molecule has 1 aliphatic carbocycles. The largest absolute Gasteiger partial charge is 0.496 e. The second-order valence-corrected chi connectivity index (χ2v) is 9.31. The number of benzene rings is 2. The van der Waals surface area contributed by atoms with Crippen LogP contribution in [0.4, 0.5) is 5.69 Å². The molecule has 1 heterocycles. The summed E-state index contributed by atoms with van der Waals surface area (Å²) in [6.07, 6.45) is 4.68. The molecule has 3 unspecified atom stereocenters. The first-order valence-corrected chi connectivity index (χ1v) is 12.0. The highest BCUT2D eigenvalue weighted by Gasteiger charge is 2.47. The van der Waals surface area contributed by atoms with E-state index in [4.69, 9.17) is 4.74 Å². The standard InChI is InChI=1S/C27H33N3O4/c1-17-9-8-10-18(2)25(17)29-24(31)16-28-26(32)22-15-19-11-4-6-13-21(19)30(22)27(33)20-12-5-7-14-23(20)34-3/h5,7-10,12,14,19,21-22H,4,6,11,13,15-16H2,1-3H3,(H,28,32)(H,29,31). The summed E-state index contributed by atoms with van der Waals surface area (Å²) >= 11 is 0. The quantitative estimate of drug-likeness (QED) is 0.681. The van der Waals surface area contributed by atoms with Crippen molar-refractivity contribution in [3.05, 3.63) is 59.2 Å². The Morgan fingerprint density at radius 1 is 1.00 bits per heavy atom. The van der Waals surface area contributed by atoms with Crippen molar-refractivity contribution >= 4 is 23.4 Å². The summed E-state index contributed by atoms with van der Waals surface area (Å²) in [7, 11) is 1.54. The number of ether oxygens (including phenoxy) is 1. The zero-order valence-electron chi connectivity index (χ0n) is 20.1. The van der Waals surface area contributed by atoms with Crippen molar-refractivity contribution in [2.24, 2.45) is 5.92 Å². The van der Waals surface area contributed by atoms with Gasteiger partial charge in [-0.3, -0.25) is 14.4 Å². The third-order valence-corrected chi connectivity index (χ3v) is 7.13. The van der Waals surface area contributed by atoms with E-state index in [1.165, 1.54) is 0 Å². The molecule has 7 heteroatoms. The highest BCUT2D eigenvalue weighted by molar-refractivity contribution is 6.01. The van der Waals surface area contributed by atoms with Gasteiger partial charge in [-0.05, 0) is 62.3 Å². The summed E-state index contributed by atoms with van der Waals surface area (Å²) in [4.78, 5) is 41.2. The van der Waals surface area contributed by atoms with Gasteiger partial charge in [0.15, 0.2) is 0 Å². The number of hydrogen-bond donors (Lipinski definition) is 2. The van der Waals surface area contributed by atoms with Gasteiger partial charge in [0.1, 0.15) is 11.8 Å². The molecule has 0 bridgehead atoms. The summed E-state index contributed by atoms with van der Waals surface area (Å²) in [6, 6.07) is 12.4. The van der Waals surface area contributed by atoms with Gasteiger partial charge in [0, 0.05) is 11.7 Å². The van der Waals surface area contributed by atoms with Crippen molar-refractivity contribution in [2.75, 3.05) is 19.0 Å². The van der Waals surface area contributed by atoms with Crippen LogP contribution in [0.25, 0.3) is 0 Å². The van der Waals surface area contributed by atoms with Gasteiger partial charge in [-0.15, -0.1) is 0 Å². The van der Waals surface area contributed by atoms with Crippen LogP contribution in [-0.4, -0.2) is 48.4 Å².